The van der Waals surface area contributed by atoms with Crippen LogP contribution in [0.3, 0.4) is 0 Å². The molecule has 72 valence electrons. The van der Waals surface area contributed by atoms with Gasteiger partial charge in [-0.25, -0.2) is 0 Å². The van der Waals surface area contributed by atoms with Crippen molar-refractivity contribution in [3.63, 3.8) is 0 Å². The molecule has 0 bridgehead atoms. The second-order valence-electron chi connectivity index (χ2n) is 4.50. The summed E-state index contributed by atoms with van der Waals surface area (Å²) in [6.45, 7) is 8.07. The molecule has 1 heterocycles. The SMILES string of the molecule is CC1CN(C(=O)CC#N)CC1(C)C. The monoisotopic (exact) mass is 180 g/mol. The summed E-state index contributed by atoms with van der Waals surface area (Å²) in [7, 11) is 0. The summed E-state index contributed by atoms with van der Waals surface area (Å²) < 4.78 is 0. The van der Waals surface area contributed by atoms with Crippen molar-refractivity contribution in [3.8, 4) is 6.07 Å². The number of rotatable bonds is 1. The van der Waals surface area contributed by atoms with Crippen molar-refractivity contribution in [2.24, 2.45) is 11.3 Å². The van der Waals surface area contributed by atoms with Crippen LogP contribution in [0.5, 0.6) is 0 Å². The van der Waals surface area contributed by atoms with E-state index in [1.54, 1.807) is 4.90 Å². The highest BCUT2D eigenvalue weighted by molar-refractivity contribution is 5.78. The Kier molecular flexibility index (Phi) is 2.60. The van der Waals surface area contributed by atoms with E-state index in [-0.39, 0.29) is 17.7 Å². The molecule has 1 rings (SSSR count). The van der Waals surface area contributed by atoms with Crippen LogP contribution in [-0.4, -0.2) is 23.9 Å². The minimum Gasteiger partial charge on any atom is -0.341 e. The predicted octanol–water partition coefficient (Wildman–Crippen LogP) is 1.40. The van der Waals surface area contributed by atoms with Crippen LogP contribution in [0.15, 0.2) is 0 Å². The lowest BCUT2D eigenvalue weighted by atomic mass is 9.84. The Morgan fingerprint density at radius 1 is 1.69 bits per heavy atom. The molecule has 1 amide bonds. The maximum atomic E-state index is 11.4. The molecule has 0 N–H and O–H groups in total. The topological polar surface area (TPSA) is 44.1 Å². The molecule has 0 saturated carbocycles. The molecule has 0 aromatic heterocycles. The van der Waals surface area contributed by atoms with Crippen LogP contribution >= 0.6 is 0 Å². The Labute approximate surface area is 79.3 Å². The Hall–Kier alpha value is -1.04. The lowest BCUT2D eigenvalue weighted by Gasteiger charge is -2.21. The molecule has 0 aromatic rings. The molecule has 1 unspecified atom stereocenters. The van der Waals surface area contributed by atoms with Crippen molar-refractivity contribution in [2.45, 2.75) is 27.2 Å². The number of hydrogen-bond acceptors (Lipinski definition) is 2. The first-order valence-electron chi connectivity index (χ1n) is 4.62. The van der Waals surface area contributed by atoms with Crippen LogP contribution in [-0.2, 0) is 4.79 Å². The first-order valence-corrected chi connectivity index (χ1v) is 4.62. The van der Waals surface area contributed by atoms with E-state index in [9.17, 15) is 4.79 Å². The summed E-state index contributed by atoms with van der Waals surface area (Å²) in [6.07, 6.45) is 0.0167. The maximum Gasteiger partial charge on any atom is 0.236 e. The summed E-state index contributed by atoms with van der Waals surface area (Å²) in [5, 5.41) is 8.40. The third-order valence-electron chi connectivity index (χ3n) is 3.01. The zero-order valence-electron chi connectivity index (χ0n) is 8.50. The first-order chi connectivity index (χ1) is 5.97. The zero-order chi connectivity index (χ0) is 10.1. The molecule has 0 radical (unpaired) electrons. The van der Waals surface area contributed by atoms with Gasteiger partial charge in [-0.15, -0.1) is 0 Å². The normalized spacial score (nSPS) is 25.7. The van der Waals surface area contributed by atoms with Gasteiger partial charge in [-0.05, 0) is 11.3 Å². The van der Waals surface area contributed by atoms with E-state index >= 15 is 0 Å². The Morgan fingerprint density at radius 3 is 2.69 bits per heavy atom. The van der Waals surface area contributed by atoms with Gasteiger partial charge >= 0.3 is 0 Å². The smallest absolute Gasteiger partial charge is 0.236 e. The number of hydrogen-bond donors (Lipinski definition) is 0. The standard InChI is InChI=1S/C10H16N2O/c1-8-6-12(7-10(8,2)3)9(13)4-5-11/h8H,4,6-7H2,1-3H3. The van der Waals surface area contributed by atoms with E-state index in [1.807, 2.05) is 6.07 Å². The molecule has 0 aliphatic carbocycles. The lowest BCUT2D eigenvalue weighted by molar-refractivity contribution is -0.129. The Bertz CT molecular complexity index is 252. The van der Waals surface area contributed by atoms with Gasteiger partial charge in [-0.3, -0.25) is 4.79 Å². The van der Waals surface area contributed by atoms with E-state index < -0.39 is 0 Å². The minimum absolute atomic E-state index is 0.0167. The minimum atomic E-state index is -0.0278. The highest BCUT2D eigenvalue weighted by Crippen LogP contribution is 2.34. The van der Waals surface area contributed by atoms with Crippen LogP contribution in [0.1, 0.15) is 27.2 Å². The van der Waals surface area contributed by atoms with Crippen molar-refractivity contribution in [3.05, 3.63) is 0 Å². The molecule has 1 fully saturated rings. The Morgan fingerprint density at radius 2 is 2.31 bits per heavy atom. The fourth-order valence-electron chi connectivity index (χ4n) is 1.66. The second-order valence-corrected chi connectivity index (χ2v) is 4.50. The summed E-state index contributed by atoms with van der Waals surface area (Å²) in [5.74, 6) is 0.495. The van der Waals surface area contributed by atoms with Gasteiger partial charge in [0.2, 0.25) is 5.91 Å². The molecule has 0 spiro atoms. The molecular weight excluding hydrogens is 164 g/mol. The molecule has 13 heavy (non-hydrogen) atoms. The molecule has 1 saturated heterocycles. The van der Waals surface area contributed by atoms with E-state index in [2.05, 4.69) is 20.8 Å². The molecule has 1 aliphatic rings. The first kappa shape index (κ1) is 10.0. The van der Waals surface area contributed by atoms with Crippen molar-refractivity contribution in [1.82, 2.24) is 4.90 Å². The lowest BCUT2D eigenvalue weighted by Crippen LogP contribution is -2.29. The van der Waals surface area contributed by atoms with Crippen molar-refractivity contribution in [1.29, 1.82) is 5.26 Å². The molecule has 3 nitrogen and oxygen atoms in total. The third-order valence-corrected chi connectivity index (χ3v) is 3.01. The van der Waals surface area contributed by atoms with Gasteiger partial charge in [0.25, 0.3) is 0 Å². The van der Waals surface area contributed by atoms with Crippen LogP contribution in [0, 0.1) is 22.7 Å². The highest BCUT2D eigenvalue weighted by Gasteiger charge is 2.37. The fourth-order valence-corrected chi connectivity index (χ4v) is 1.66. The molecular formula is C10H16N2O. The predicted molar refractivity (Wildman–Crippen MR) is 49.8 cm³/mol. The number of carbonyl (C=O) groups is 1. The highest BCUT2D eigenvalue weighted by atomic mass is 16.2. The summed E-state index contributed by atoms with van der Waals surface area (Å²) in [5.41, 5.74) is 0.200. The zero-order valence-corrected chi connectivity index (χ0v) is 8.50. The van der Waals surface area contributed by atoms with Gasteiger partial charge in [0, 0.05) is 13.1 Å². The van der Waals surface area contributed by atoms with Crippen LogP contribution in [0.2, 0.25) is 0 Å². The van der Waals surface area contributed by atoms with Gasteiger partial charge in [0.15, 0.2) is 0 Å². The van der Waals surface area contributed by atoms with E-state index in [1.165, 1.54) is 0 Å². The van der Waals surface area contributed by atoms with Gasteiger partial charge in [-0.2, -0.15) is 5.26 Å². The average Bonchev–Trinajstić information content (AvgIpc) is 2.27. The van der Waals surface area contributed by atoms with Gasteiger partial charge in [0.1, 0.15) is 6.42 Å². The number of carbonyl (C=O) groups excluding carboxylic acids is 1. The number of likely N-dealkylation sites (tertiary alicyclic amines) is 1. The van der Waals surface area contributed by atoms with Crippen molar-refractivity contribution in [2.75, 3.05) is 13.1 Å². The second kappa shape index (κ2) is 3.37. The van der Waals surface area contributed by atoms with Crippen LogP contribution in [0.25, 0.3) is 0 Å². The fraction of sp³-hybridized carbons (Fsp3) is 0.800. The van der Waals surface area contributed by atoms with Gasteiger partial charge < -0.3 is 4.90 Å². The van der Waals surface area contributed by atoms with E-state index in [0.717, 1.165) is 13.1 Å². The average molecular weight is 180 g/mol. The van der Waals surface area contributed by atoms with Crippen molar-refractivity contribution < 1.29 is 4.79 Å². The summed E-state index contributed by atoms with van der Waals surface area (Å²) in [4.78, 5) is 13.2. The van der Waals surface area contributed by atoms with E-state index in [4.69, 9.17) is 5.26 Å². The van der Waals surface area contributed by atoms with Crippen molar-refractivity contribution >= 4 is 5.91 Å². The summed E-state index contributed by atoms with van der Waals surface area (Å²) >= 11 is 0. The summed E-state index contributed by atoms with van der Waals surface area (Å²) in [6, 6.07) is 1.90. The largest absolute Gasteiger partial charge is 0.341 e. The molecule has 1 atom stereocenters. The van der Waals surface area contributed by atoms with Gasteiger partial charge in [0.05, 0.1) is 6.07 Å². The number of nitriles is 1. The number of amides is 1. The quantitative estimate of drug-likeness (QED) is 0.612. The Balaban J connectivity index is 2.60. The van der Waals surface area contributed by atoms with Crippen LogP contribution < -0.4 is 0 Å². The molecule has 0 aromatic carbocycles. The van der Waals surface area contributed by atoms with E-state index in [0.29, 0.717) is 5.92 Å². The number of nitrogens with zero attached hydrogens (tertiary/aromatic N) is 2. The van der Waals surface area contributed by atoms with Crippen LogP contribution in [0.4, 0.5) is 0 Å². The third kappa shape index (κ3) is 2.00. The van der Waals surface area contributed by atoms with Gasteiger partial charge in [-0.1, -0.05) is 20.8 Å². The maximum absolute atomic E-state index is 11.4. The molecule has 3 heteroatoms. The molecule has 1 aliphatic heterocycles.